The van der Waals surface area contributed by atoms with Gasteiger partial charge in [0.25, 0.3) is 5.91 Å². The topological polar surface area (TPSA) is 116 Å². The van der Waals surface area contributed by atoms with E-state index in [4.69, 9.17) is 16.2 Å². The zero-order chi connectivity index (χ0) is 25.3. The van der Waals surface area contributed by atoms with Crippen LogP contribution in [-0.2, 0) is 11.0 Å². The van der Waals surface area contributed by atoms with Gasteiger partial charge >= 0.3 is 6.18 Å². The zero-order valence-corrected chi connectivity index (χ0v) is 18.5. The van der Waals surface area contributed by atoms with Gasteiger partial charge in [0.1, 0.15) is 28.6 Å². The number of ether oxygens (including phenoxy) is 1. The highest BCUT2D eigenvalue weighted by molar-refractivity contribution is 6.03. The molecule has 1 unspecified atom stereocenters. The van der Waals surface area contributed by atoms with Crippen molar-refractivity contribution < 1.29 is 27.5 Å². The molecule has 3 aromatic rings. The van der Waals surface area contributed by atoms with E-state index in [1.165, 1.54) is 35.0 Å². The first-order chi connectivity index (χ1) is 16.6. The fourth-order valence-electron chi connectivity index (χ4n) is 3.99. The van der Waals surface area contributed by atoms with Crippen molar-refractivity contribution in [2.45, 2.75) is 18.6 Å². The van der Waals surface area contributed by atoms with E-state index in [2.05, 4.69) is 11.7 Å². The molecule has 0 bridgehead atoms. The molecule has 0 saturated carbocycles. The Morgan fingerprint density at radius 3 is 2.49 bits per heavy atom. The highest BCUT2D eigenvalue weighted by Gasteiger charge is 2.32. The molecule has 1 aromatic heterocycles. The molecule has 0 aliphatic carbocycles. The second-order valence-corrected chi connectivity index (χ2v) is 8.00. The Morgan fingerprint density at radius 1 is 1.14 bits per heavy atom. The number of carbonyl (C=O) groups excluding carboxylic acids is 2. The normalized spacial score (nSPS) is 15.7. The number of nitrogens with two attached hydrogens (primary N) is 2. The van der Waals surface area contributed by atoms with Crippen molar-refractivity contribution >= 4 is 17.6 Å². The van der Waals surface area contributed by atoms with Crippen LogP contribution in [0.4, 0.5) is 19.0 Å². The number of carbonyl (C=O) groups is 2. The smallest absolute Gasteiger partial charge is 0.416 e. The van der Waals surface area contributed by atoms with Crippen molar-refractivity contribution in [2.24, 2.45) is 5.73 Å². The van der Waals surface area contributed by atoms with Crippen LogP contribution >= 0.6 is 0 Å². The van der Waals surface area contributed by atoms with E-state index < -0.39 is 17.6 Å². The lowest BCUT2D eigenvalue weighted by atomic mass is 10.1. The second kappa shape index (κ2) is 9.16. The highest BCUT2D eigenvalue weighted by Crippen LogP contribution is 2.35. The number of alkyl halides is 3. The van der Waals surface area contributed by atoms with E-state index in [0.717, 1.165) is 12.1 Å². The molecule has 2 amide bonds. The summed E-state index contributed by atoms with van der Waals surface area (Å²) >= 11 is 0. The minimum Gasteiger partial charge on any atom is -0.457 e. The first-order valence-electron chi connectivity index (χ1n) is 10.6. The van der Waals surface area contributed by atoms with Crippen molar-refractivity contribution in [3.8, 4) is 22.8 Å². The van der Waals surface area contributed by atoms with Gasteiger partial charge in [-0.25, -0.2) is 4.68 Å². The Balaban J connectivity index is 1.60. The average molecular weight is 485 g/mol. The molecule has 2 aromatic carbocycles. The SMILES string of the molecule is C=CC(=O)N1CCC(n2nc(-c3ccc(Oc4cccc(C(F)(F)F)c4)cc3)c(C(N)=O)c2N)C1. The number of halogens is 3. The van der Waals surface area contributed by atoms with Crippen LogP contribution in [0, 0.1) is 0 Å². The molecule has 1 atom stereocenters. The average Bonchev–Trinajstić information content (AvgIpc) is 3.43. The maximum absolute atomic E-state index is 12.9. The highest BCUT2D eigenvalue weighted by atomic mass is 19.4. The van der Waals surface area contributed by atoms with Gasteiger partial charge in [0.05, 0.1) is 11.6 Å². The van der Waals surface area contributed by atoms with Gasteiger partial charge in [0.2, 0.25) is 5.91 Å². The van der Waals surface area contributed by atoms with Gasteiger partial charge in [-0.05, 0) is 55.0 Å². The van der Waals surface area contributed by atoms with Gasteiger partial charge in [-0.2, -0.15) is 18.3 Å². The largest absolute Gasteiger partial charge is 0.457 e. The van der Waals surface area contributed by atoms with E-state index in [-0.39, 0.29) is 40.5 Å². The van der Waals surface area contributed by atoms with Crippen molar-refractivity contribution in [3.05, 3.63) is 72.3 Å². The lowest BCUT2D eigenvalue weighted by molar-refractivity contribution is -0.137. The Labute approximate surface area is 198 Å². The molecule has 11 heteroatoms. The number of amides is 2. The van der Waals surface area contributed by atoms with E-state index in [1.807, 2.05) is 0 Å². The molecule has 0 spiro atoms. The first kappa shape index (κ1) is 23.9. The maximum Gasteiger partial charge on any atom is 0.416 e. The third kappa shape index (κ3) is 4.84. The number of benzene rings is 2. The summed E-state index contributed by atoms with van der Waals surface area (Å²) in [5, 5.41) is 4.52. The Hall–Kier alpha value is -4.28. The maximum atomic E-state index is 12.9. The molecule has 8 nitrogen and oxygen atoms in total. The quantitative estimate of drug-likeness (QED) is 0.512. The third-order valence-electron chi connectivity index (χ3n) is 5.71. The van der Waals surface area contributed by atoms with Crippen LogP contribution in [0.25, 0.3) is 11.3 Å². The number of hydrogen-bond donors (Lipinski definition) is 2. The number of nitrogens with zero attached hydrogens (tertiary/aromatic N) is 3. The first-order valence-corrected chi connectivity index (χ1v) is 10.6. The third-order valence-corrected chi connectivity index (χ3v) is 5.71. The summed E-state index contributed by atoms with van der Waals surface area (Å²) in [6.07, 6.45) is -2.66. The number of nitrogen functional groups attached to an aromatic ring is 1. The van der Waals surface area contributed by atoms with E-state index >= 15 is 0 Å². The summed E-state index contributed by atoms with van der Waals surface area (Å²) in [5.74, 6) is -0.557. The number of primary amides is 1. The van der Waals surface area contributed by atoms with E-state index in [1.54, 1.807) is 17.0 Å². The standard InChI is InChI=1S/C24H22F3N5O3/c1-2-19(33)31-11-10-16(13-31)32-22(28)20(23(29)34)21(30-32)14-6-8-17(9-7-14)35-18-5-3-4-15(12-18)24(25,26)27/h2-9,12,16H,1,10-11,13,28H2,(H2,29,34). The minimum atomic E-state index is -4.48. The molecule has 0 radical (unpaired) electrons. The molecule has 4 N–H and O–H groups in total. The lowest BCUT2D eigenvalue weighted by Crippen LogP contribution is -2.27. The molecule has 182 valence electrons. The molecule has 1 aliphatic heterocycles. The zero-order valence-electron chi connectivity index (χ0n) is 18.5. The monoisotopic (exact) mass is 485 g/mol. The number of likely N-dealkylation sites (tertiary alicyclic amines) is 1. The number of hydrogen-bond acceptors (Lipinski definition) is 5. The van der Waals surface area contributed by atoms with Crippen molar-refractivity contribution in [1.82, 2.24) is 14.7 Å². The van der Waals surface area contributed by atoms with Gasteiger partial charge in [0, 0.05) is 18.7 Å². The molecule has 4 rings (SSSR count). The predicted molar refractivity (Wildman–Crippen MR) is 123 cm³/mol. The van der Waals surface area contributed by atoms with Gasteiger partial charge in [-0.15, -0.1) is 0 Å². The molecule has 1 saturated heterocycles. The fourth-order valence-corrected chi connectivity index (χ4v) is 3.99. The van der Waals surface area contributed by atoms with Crippen LogP contribution in [0.2, 0.25) is 0 Å². The van der Waals surface area contributed by atoms with Crippen LogP contribution in [-0.4, -0.2) is 39.6 Å². The Kier molecular flexibility index (Phi) is 6.25. The fraction of sp³-hybridized carbons (Fsp3) is 0.208. The number of rotatable bonds is 6. The molecule has 1 fully saturated rings. The summed E-state index contributed by atoms with van der Waals surface area (Å²) in [7, 11) is 0. The molecule has 35 heavy (non-hydrogen) atoms. The lowest BCUT2D eigenvalue weighted by Gasteiger charge is -2.15. The van der Waals surface area contributed by atoms with E-state index in [9.17, 15) is 22.8 Å². The van der Waals surface area contributed by atoms with Crippen LogP contribution < -0.4 is 16.2 Å². The summed E-state index contributed by atoms with van der Waals surface area (Å²) in [6.45, 7) is 4.35. The van der Waals surface area contributed by atoms with Crippen LogP contribution in [0.3, 0.4) is 0 Å². The van der Waals surface area contributed by atoms with E-state index in [0.29, 0.717) is 25.1 Å². The second-order valence-electron chi connectivity index (χ2n) is 8.00. The van der Waals surface area contributed by atoms with Gasteiger partial charge in [-0.3, -0.25) is 9.59 Å². The number of anilines is 1. The van der Waals surface area contributed by atoms with Crippen LogP contribution in [0.15, 0.2) is 61.2 Å². The minimum absolute atomic E-state index is 0.0266. The Morgan fingerprint density at radius 2 is 1.86 bits per heavy atom. The van der Waals surface area contributed by atoms with Crippen molar-refractivity contribution in [2.75, 3.05) is 18.8 Å². The predicted octanol–water partition coefficient (Wildman–Crippen LogP) is 4.00. The van der Waals surface area contributed by atoms with Crippen LogP contribution in [0.5, 0.6) is 11.5 Å². The summed E-state index contributed by atoms with van der Waals surface area (Å²) < 4.78 is 45.9. The Bertz CT molecular complexity index is 1280. The molecular formula is C24H22F3N5O3. The molecule has 1 aliphatic rings. The number of aromatic nitrogens is 2. The summed E-state index contributed by atoms with van der Waals surface area (Å²) in [6, 6.07) is 10.6. The van der Waals surface area contributed by atoms with Gasteiger partial charge < -0.3 is 21.1 Å². The molecular weight excluding hydrogens is 463 g/mol. The van der Waals surface area contributed by atoms with Crippen molar-refractivity contribution in [3.63, 3.8) is 0 Å². The summed E-state index contributed by atoms with van der Waals surface area (Å²) in [4.78, 5) is 25.7. The van der Waals surface area contributed by atoms with Crippen LogP contribution in [0.1, 0.15) is 28.4 Å². The summed E-state index contributed by atoms with van der Waals surface area (Å²) in [5.41, 5.74) is 11.8. The molecule has 2 heterocycles. The van der Waals surface area contributed by atoms with Gasteiger partial charge in [-0.1, -0.05) is 12.6 Å². The van der Waals surface area contributed by atoms with Gasteiger partial charge in [0.15, 0.2) is 0 Å². The van der Waals surface area contributed by atoms with Crippen molar-refractivity contribution in [1.29, 1.82) is 0 Å².